The second-order valence-electron chi connectivity index (χ2n) is 5.19. The number of halogens is 1. The van der Waals surface area contributed by atoms with Gasteiger partial charge in [-0.05, 0) is 43.0 Å². The maximum atomic E-state index is 11.8. The third-order valence-corrected chi connectivity index (χ3v) is 4.25. The average molecular weight is 351 g/mol. The molecule has 3 N–H and O–H groups in total. The van der Waals surface area contributed by atoms with E-state index in [1.165, 1.54) is 6.21 Å². The van der Waals surface area contributed by atoms with Gasteiger partial charge in [-0.25, -0.2) is 10.4 Å². The second kappa shape index (κ2) is 8.29. The lowest BCUT2D eigenvalue weighted by atomic mass is 10.1. The normalized spacial score (nSPS) is 12.7. The van der Waals surface area contributed by atoms with E-state index in [4.69, 9.17) is 17.3 Å². The van der Waals surface area contributed by atoms with Crippen LogP contribution in [0.25, 0.3) is 10.9 Å². The molecular formula is C16H19ClN4OS. The Kier molecular flexibility index (Phi) is 6.38. The van der Waals surface area contributed by atoms with Gasteiger partial charge in [0.1, 0.15) is 5.15 Å². The van der Waals surface area contributed by atoms with Crippen molar-refractivity contribution in [1.82, 2.24) is 10.4 Å². The lowest BCUT2D eigenvalue weighted by Gasteiger charge is -2.08. The SMILES string of the molecule is CSCC[C@@H](N)C(=O)N/N=C\c1cc2ccc(C)cc2nc1Cl. The highest BCUT2D eigenvalue weighted by molar-refractivity contribution is 7.98. The molecule has 0 radical (unpaired) electrons. The van der Waals surface area contributed by atoms with Crippen molar-refractivity contribution in [2.75, 3.05) is 12.0 Å². The van der Waals surface area contributed by atoms with Crippen molar-refractivity contribution in [2.24, 2.45) is 10.8 Å². The zero-order valence-electron chi connectivity index (χ0n) is 13.0. The van der Waals surface area contributed by atoms with Crippen molar-refractivity contribution in [3.05, 3.63) is 40.5 Å². The number of aryl methyl sites for hydroxylation is 1. The van der Waals surface area contributed by atoms with Gasteiger partial charge in [-0.2, -0.15) is 16.9 Å². The molecule has 0 saturated carbocycles. The van der Waals surface area contributed by atoms with Gasteiger partial charge in [0.05, 0.1) is 17.8 Å². The number of benzene rings is 1. The first-order valence-corrected chi connectivity index (χ1v) is 8.93. The molecule has 0 aliphatic rings. The number of nitrogens with one attached hydrogen (secondary N) is 1. The topological polar surface area (TPSA) is 80.4 Å². The molecular weight excluding hydrogens is 332 g/mol. The van der Waals surface area contributed by atoms with E-state index in [1.807, 2.05) is 37.4 Å². The number of rotatable bonds is 6. The van der Waals surface area contributed by atoms with Crippen LogP contribution in [0, 0.1) is 6.92 Å². The highest BCUT2D eigenvalue weighted by Gasteiger charge is 2.11. The minimum Gasteiger partial charge on any atom is -0.320 e. The predicted molar refractivity (Wildman–Crippen MR) is 98.2 cm³/mol. The molecule has 1 amide bonds. The van der Waals surface area contributed by atoms with Crippen LogP contribution in [0.1, 0.15) is 17.5 Å². The summed E-state index contributed by atoms with van der Waals surface area (Å²) in [6.07, 6.45) is 4.06. The van der Waals surface area contributed by atoms with Gasteiger partial charge in [0.25, 0.3) is 5.91 Å². The van der Waals surface area contributed by atoms with Gasteiger partial charge in [0.15, 0.2) is 0 Å². The summed E-state index contributed by atoms with van der Waals surface area (Å²) in [7, 11) is 0. The summed E-state index contributed by atoms with van der Waals surface area (Å²) in [4.78, 5) is 16.1. The summed E-state index contributed by atoms with van der Waals surface area (Å²) < 4.78 is 0. The van der Waals surface area contributed by atoms with Gasteiger partial charge < -0.3 is 5.73 Å². The van der Waals surface area contributed by atoms with E-state index in [0.717, 1.165) is 22.2 Å². The number of amides is 1. The molecule has 0 spiro atoms. The lowest BCUT2D eigenvalue weighted by molar-refractivity contribution is -0.122. The first kappa shape index (κ1) is 17.7. The number of nitrogens with zero attached hydrogens (tertiary/aromatic N) is 2. The maximum absolute atomic E-state index is 11.8. The van der Waals surface area contributed by atoms with Crippen LogP contribution in [0.5, 0.6) is 0 Å². The molecule has 0 unspecified atom stereocenters. The summed E-state index contributed by atoms with van der Waals surface area (Å²) in [6.45, 7) is 2.00. The van der Waals surface area contributed by atoms with Crippen LogP contribution >= 0.6 is 23.4 Å². The van der Waals surface area contributed by atoms with Crippen molar-refractivity contribution < 1.29 is 4.79 Å². The number of carbonyl (C=O) groups excluding carboxylic acids is 1. The zero-order valence-corrected chi connectivity index (χ0v) is 14.6. The average Bonchev–Trinajstić information content (AvgIpc) is 2.53. The Labute approximate surface area is 144 Å². The van der Waals surface area contributed by atoms with Crippen LogP contribution in [0.4, 0.5) is 0 Å². The number of hydrazone groups is 1. The first-order valence-electron chi connectivity index (χ1n) is 7.15. The van der Waals surface area contributed by atoms with Crippen molar-refractivity contribution in [3.8, 4) is 0 Å². The quantitative estimate of drug-likeness (QED) is 0.477. The standard InChI is InChI=1S/C16H19ClN4OS/c1-10-3-4-11-8-12(15(17)20-14(11)7-10)9-19-21-16(22)13(18)5-6-23-2/h3-4,7-9,13H,5-6,18H2,1-2H3,(H,21,22)/b19-9-/t13-/m1/s1. The Morgan fingerprint density at radius 2 is 2.30 bits per heavy atom. The molecule has 1 aromatic carbocycles. The van der Waals surface area contributed by atoms with E-state index in [2.05, 4.69) is 15.5 Å². The summed E-state index contributed by atoms with van der Waals surface area (Å²) in [5.74, 6) is 0.522. The number of fused-ring (bicyclic) bond motifs is 1. The van der Waals surface area contributed by atoms with Crippen molar-refractivity contribution in [1.29, 1.82) is 0 Å². The third kappa shape index (κ3) is 4.92. The number of aromatic nitrogens is 1. The fourth-order valence-electron chi connectivity index (χ4n) is 1.98. The lowest BCUT2D eigenvalue weighted by Crippen LogP contribution is -2.38. The monoisotopic (exact) mass is 350 g/mol. The third-order valence-electron chi connectivity index (χ3n) is 3.30. The minimum atomic E-state index is -0.562. The molecule has 0 aliphatic heterocycles. The van der Waals surface area contributed by atoms with E-state index in [-0.39, 0.29) is 5.91 Å². The molecule has 7 heteroatoms. The summed E-state index contributed by atoms with van der Waals surface area (Å²) in [6, 6.07) is 7.27. The Morgan fingerprint density at radius 3 is 3.04 bits per heavy atom. The smallest absolute Gasteiger partial charge is 0.256 e. The number of hydrogen-bond acceptors (Lipinski definition) is 5. The van der Waals surface area contributed by atoms with Crippen molar-refractivity contribution >= 4 is 46.4 Å². The minimum absolute atomic E-state index is 0.309. The van der Waals surface area contributed by atoms with Gasteiger partial charge in [0, 0.05) is 10.9 Å². The molecule has 0 saturated heterocycles. The number of carbonyl (C=O) groups is 1. The summed E-state index contributed by atoms with van der Waals surface area (Å²) in [5.41, 5.74) is 10.8. The molecule has 122 valence electrons. The molecule has 1 atom stereocenters. The fourth-order valence-corrected chi connectivity index (χ4v) is 2.67. The van der Waals surface area contributed by atoms with Crippen LogP contribution < -0.4 is 11.2 Å². The van der Waals surface area contributed by atoms with E-state index >= 15 is 0 Å². The van der Waals surface area contributed by atoms with Crippen LogP contribution in [0.15, 0.2) is 29.4 Å². The summed E-state index contributed by atoms with van der Waals surface area (Å²) in [5, 5.41) is 5.22. The van der Waals surface area contributed by atoms with Gasteiger partial charge in [0.2, 0.25) is 0 Å². The van der Waals surface area contributed by atoms with E-state index in [0.29, 0.717) is 17.1 Å². The van der Waals surface area contributed by atoms with Crippen LogP contribution in [0.2, 0.25) is 5.15 Å². The Morgan fingerprint density at radius 1 is 1.52 bits per heavy atom. The number of pyridine rings is 1. The molecule has 0 aliphatic carbocycles. The molecule has 0 fully saturated rings. The molecule has 23 heavy (non-hydrogen) atoms. The predicted octanol–water partition coefficient (Wildman–Crippen LogP) is 2.73. The Bertz CT molecular complexity index is 735. The van der Waals surface area contributed by atoms with E-state index in [9.17, 15) is 4.79 Å². The van der Waals surface area contributed by atoms with Gasteiger partial charge in [-0.15, -0.1) is 0 Å². The highest BCUT2D eigenvalue weighted by Crippen LogP contribution is 2.20. The first-order chi connectivity index (χ1) is 11.0. The van der Waals surface area contributed by atoms with Crippen molar-refractivity contribution in [2.45, 2.75) is 19.4 Å². The zero-order chi connectivity index (χ0) is 16.8. The molecule has 1 heterocycles. The maximum Gasteiger partial charge on any atom is 0.256 e. The molecule has 2 aromatic rings. The summed E-state index contributed by atoms with van der Waals surface area (Å²) >= 11 is 7.81. The number of nitrogens with two attached hydrogens (primary N) is 1. The van der Waals surface area contributed by atoms with E-state index < -0.39 is 6.04 Å². The molecule has 1 aromatic heterocycles. The Balaban J connectivity index is 2.07. The van der Waals surface area contributed by atoms with Gasteiger partial charge in [-0.1, -0.05) is 23.7 Å². The fraction of sp³-hybridized carbons (Fsp3) is 0.312. The van der Waals surface area contributed by atoms with Crippen LogP contribution in [0.3, 0.4) is 0 Å². The van der Waals surface area contributed by atoms with Crippen LogP contribution in [-0.4, -0.2) is 35.2 Å². The largest absolute Gasteiger partial charge is 0.320 e. The van der Waals surface area contributed by atoms with Gasteiger partial charge >= 0.3 is 0 Å². The van der Waals surface area contributed by atoms with E-state index in [1.54, 1.807) is 11.8 Å². The van der Waals surface area contributed by atoms with Crippen molar-refractivity contribution in [3.63, 3.8) is 0 Å². The highest BCUT2D eigenvalue weighted by atomic mass is 35.5. The molecule has 2 rings (SSSR count). The Hall–Kier alpha value is -1.63. The van der Waals surface area contributed by atoms with Gasteiger partial charge in [-0.3, -0.25) is 4.79 Å². The second-order valence-corrected chi connectivity index (χ2v) is 6.53. The molecule has 0 bridgehead atoms. The number of thioether (sulfide) groups is 1. The van der Waals surface area contributed by atoms with Crippen LogP contribution in [-0.2, 0) is 4.79 Å². The molecule has 5 nitrogen and oxygen atoms in total. The number of hydrogen-bond donors (Lipinski definition) is 2.